The smallest absolute Gasteiger partial charge is 0.325 e. The first-order valence-corrected chi connectivity index (χ1v) is 11.2. The van der Waals surface area contributed by atoms with E-state index in [1.807, 2.05) is 0 Å². The third kappa shape index (κ3) is 4.60. The van der Waals surface area contributed by atoms with Crippen molar-refractivity contribution in [2.45, 2.75) is 30.1 Å². The van der Waals surface area contributed by atoms with Crippen LogP contribution in [0.1, 0.15) is 19.3 Å². The van der Waals surface area contributed by atoms with Crippen LogP contribution < -0.4 is 10.2 Å². The maximum Gasteiger partial charge on any atom is 0.332 e. The number of nitrogens with zero attached hydrogens (tertiary/aromatic N) is 2. The molecule has 6 nitrogen and oxygen atoms in total. The number of hydrogen-bond acceptors (Lipinski definition) is 3. The fraction of sp³-hybridized carbons (Fsp3) is 0.318. The number of hydrogen-bond donors (Lipinski definition) is 1. The van der Waals surface area contributed by atoms with Crippen molar-refractivity contribution in [1.29, 1.82) is 0 Å². The highest BCUT2D eigenvalue weighted by Crippen LogP contribution is 2.39. The van der Waals surface area contributed by atoms with Crippen LogP contribution >= 0.6 is 27.5 Å². The molecule has 162 valence electrons. The van der Waals surface area contributed by atoms with Gasteiger partial charge in [-0.05, 0) is 61.7 Å². The number of imide groups is 1. The molecule has 9 heteroatoms. The number of anilines is 2. The maximum absolute atomic E-state index is 13.4. The van der Waals surface area contributed by atoms with Crippen molar-refractivity contribution < 1.29 is 18.8 Å². The van der Waals surface area contributed by atoms with Gasteiger partial charge in [0.2, 0.25) is 11.8 Å². The van der Waals surface area contributed by atoms with Crippen LogP contribution in [0.2, 0.25) is 5.02 Å². The summed E-state index contributed by atoms with van der Waals surface area (Å²) in [5, 5.41) is 3.09. The van der Waals surface area contributed by atoms with E-state index in [-0.39, 0.29) is 23.3 Å². The number of fused-ring (bicyclic) bond motifs is 1. The molecule has 3 unspecified atom stereocenters. The number of benzene rings is 2. The van der Waals surface area contributed by atoms with Crippen LogP contribution in [-0.4, -0.2) is 40.2 Å². The van der Waals surface area contributed by atoms with Gasteiger partial charge in [-0.25, -0.2) is 14.1 Å². The lowest BCUT2D eigenvalue weighted by molar-refractivity contribution is -0.128. The monoisotopic (exact) mass is 507 g/mol. The molecule has 4 amide bonds. The zero-order chi connectivity index (χ0) is 22.1. The molecule has 2 aliphatic rings. The van der Waals surface area contributed by atoms with Gasteiger partial charge in [0.25, 0.3) is 0 Å². The highest BCUT2D eigenvalue weighted by atomic mass is 79.9. The quantitative estimate of drug-likeness (QED) is 0.602. The van der Waals surface area contributed by atoms with Crippen LogP contribution in [0.4, 0.5) is 20.6 Å². The Morgan fingerprint density at radius 3 is 2.61 bits per heavy atom. The predicted molar refractivity (Wildman–Crippen MR) is 120 cm³/mol. The molecule has 0 radical (unpaired) electrons. The average Bonchev–Trinajstić information content (AvgIpc) is 2.73. The van der Waals surface area contributed by atoms with E-state index < -0.39 is 23.7 Å². The number of carbonyl (C=O) groups excluding carboxylic acids is 3. The molecule has 3 atom stereocenters. The van der Waals surface area contributed by atoms with E-state index in [9.17, 15) is 18.8 Å². The van der Waals surface area contributed by atoms with Crippen LogP contribution in [0.15, 0.2) is 48.5 Å². The Morgan fingerprint density at radius 2 is 1.90 bits per heavy atom. The van der Waals surface area contributed by atoms with E-state index in [1.165, 1.54) is 29.2 Å². The fourth-order valence-electron chi connectivity index (χ4n) is 4.20. The van der Waals surface area contributed by atoms with E-state index in [4.69, 9.17) is 11.6 Å². The fourth-order valence-corrected chi connectivity index (χ4v) is 5.05. The number of rotatable bonds is 4. The molecule has 31 heavy (non-hydrogen) atoms. The first kappa shape index (κ1) is 21.8. The van der Waals surface area contributed by atoms with Crippen LogP contribution in [0, 0.1) is 11.7 Å². The Morgan fingerprint density at radius 1 is 1.16 bits per heavy atom. The zero-order valence-electron chi connectivity index (χ0n) is 16.4. The highest BCUT2D eigenvalue weighted by Gasteiger charge is 2.49. The van der Waals surface area contributed by atoms with Crippen molar-refractivity contribution in [1.82, 2.24) is 4.90 Å². The van der Waals surface area contributed by atoms with Crippen molar-refractivity contribution in [2.24, 2.45) is 5.92 Å². The molecule has 4 rings (SSSR count). The van der Waals surface area contributed by atoms with Gasteiger partial charge in [0.1, 0.15) is 12.4 Å². The largest absolute Gasteiger partial charge is 0.332 e. The minimum absolute atomic E-state index is 0.169. The van der Waals surface area contributed by atoms with Crippen molar-refractivity contribution in [3.05, 3.63) is 59.4 Å². The molecule has 1 heterocycles. The summed E-state index contributed by atoms with van der Waals surface area (Å²) in [7, 11) is 0. The van der Waals surface area contributed by atoms with E-state index >= 15 is 0 Å². The van der Waals surface area contributed by atoms with Gasteiger partial charge < -0.3 is 10.2 Å². The highest BCUT2D eigenvalue weighted by molar-refractivity contribution is 9.09. The molecule has 2 fully saturated rings. The van der Waals surface area contributed by atoms with E-state index in [1.54, 1.807) is 24.3 Å². The van der Waals surface area contributed by atoms with Gasteiger partial charge in [-0.2, -0.15) is 0 Å². The van der Waals surface area contributed by atoms with Crippen molar-refractivity contribution in [2.75, 3.05) is 16.8 Å². The Balaban J connectivity index is 1.61. The number of halogens is 3. The Bertz CT molecular complexity index is 1020. The molecule has 0 spiro atoms. The van der Waals surface area contributed by atoms with Crippen molar-refractivity contribution >= 4 is 56.8 Å². The summed E-state index contributed by atoms with van der Waals surface area (Å²) < 4.78 is 13.1. The van der Waals surface area contributed by atoms with Crippen LogP contribution in [-0.2, 0) is 9.59 Å². The standard InChI is InChI=1S/C22H20BrClFN3O3/c23-13-4-9-19-18(10-13)21(30)28(17-3-1-2-14(24)11-17)22(31)27(19)12-20(29)26-16-7-5-15(25)6-8-16/h1-3,5-8,11,13,18-19H,4,9-10,12H2,(H,26,29). The number of alkyl halides is 1. The van der Waals surface area contributed by atoms with Gasteiger partial charge in [0.15, 0.2) is 0 Å². The minimum atomic E-state index is -0.546. The van der Waals surface area contributed by atoms with Crippen molar-refractivity contribution in [3.63, 3.8) is 0 Å². The predicted octanol–water partition coefficient (Wildman–Crippen LogP) is 4.82. The third-order valence-corrected chi connectivity index (χ3v) is 6.70. The molecule has 1 saturated carbocycles. The van der Waals surface area contributed by atoms with Gasteiger partial charge in [-0.3, -0.25) is 9.59 Å². The van der Waals surface area contributed by atoms with Crippen LogP contribution in [0.25, 0.3) is 0 Å². The summed E-state index contributed by atoms with van der Waals surface area (Å²) in [5.74, 6) is -1.53. The lowest BCUT2D eigenvalue weighted by Gasteiger charge is -2.47. The Hall–Kier alpha value is -2.45. The molecule has 1 aliphatic carbocycles. The summed E-state index contributed by atoms with van der Waals surface area (Å²) >= 11 is 9.68. The molecule has 0 aromatic heterocycles. The summed E-state index contributed by atoms with van der Waals surface area (Å²) in [4.78, 5) is 42.1. The lowest BCUT2D eigenvalue weighted by Crippen LogP contribution is -2.64. The molecule has 2 aromatic rings. The van der Waals surface area contributed by atoms with E-state index in [0.717, 1.165) is 11.3 Å². The van der Waals surface area contributed by atoms with E-state index in [0.29, 0.717) is 29.2 Å². The van der Waals surface area contributed by atoms with Crippen molar-refractivity contribution in [3.8, 4) is 0 Å². The second-order valence-corrected chi connectivity index (χ2v) is 9.43. The molecule has 0 bridgehead atoms. The van der Waals surface area contributed by atoms with Crippen LogP contribution in [0.5, 0.6) is 0 Å². The first-order chi connectivity index (χ1) is 14.8. The SMILES string of the molecule is O=C(CN1C(=O)N(c2cccc(Cl)c2)C(=O)C2CC(Br)CCC21)Nc1ccc(F)cc1. The average molecular weight is 509 g/mol. The number of nitrogens with one attached hydrogen (secondary N) is 1. The number of urea groups is 1. The minimum Gasteiger partial charge on any atom is -0.325 e. The molecule has 1 N–H and O–H groups in total. The normalized spacial score (nSPS) is 23.5. The second-order valence-electron chi connectivity index (χ2n) is 7.70. The molecular formula is C22H20BrClFN3O3. The summed E-state index contributed by atoms with van der Waals surface area (Å²) in [6.07, 6.45) is 1.99. The molecular weight excluding hydrogens is 489 g/mol. The van der Waals surface area contributed by atoms with Gasteiger partial charge in [-0.15, -0.1) is 0 Å². The summed E-state index contributed by atoms with van der Waals surface area (Å²) in [6, 6.07) is 11.0. The zero-order valence-corrected chi connectivity index (χ0v) is 18.8. The topological polar surface area (TPSA) is 69.7 Å². The Labute approximate surface area is 192 Å². The number of amides is 4. The molecule has 1 saturated heterocycles. The van der Waals surface area contributed by atoms with Crippen LogP contribution in [0.3, 0.4) is 0 Å². The van der Waals surface area contributed by atoms with Gasteiger partial charge in [0.05, 0.1) is 11.6 Å². The Kier molecular flexibility index (Phi) is 6.29. The maximum atomic E-state index is 13.4. The van der Waals surface area contributed by atoms with Gasteiger partial charge >= 0.3 is 6.03 Å². The van der Waals surface area contributed by atoms with Gasteiger partial charge in [0, 0.05) is 21.6 Å². The molecule has 2 aromatic carbocycles. The summed E-state index contributed by atoms with van der Waals surface area (Å²) in [6.45, 7) is -0.214. The second kappa shape index (κ2) is 8.96. The molecule has 1 aliphatic heterocycles. The first-order valence-electron chi connectivity index (χ1n) is 9.93. The lowest BCUT2D eigenvalue weighted by atomic mass is 9.81. The van der Waals surface area contributed by atoms with E-state index in [2.05, 4.69) is 21.2 Å². The van der Waals surface area contributed by atoms with Gasteiger partial charge in [-0.1, -0.05) is 33.6 Å². The number of carbonyl (C=O) groups is 3. The third-order valence-electron chi connectivity index (χ3n) is 5.63. The summed E-state index contributed by atoms with van der Waals surface area (Å²) in [5.41, 5.74) is 0.806.